The molecule has 1 aromatic heterocycles. The molecule has 6 nitrogen and oxygen atoms in total. The Hall–Kier alpha value is -2.46. The van der Waals surface area contributed by atoms with E-state index in [1.54, 1.807) is 0 Å². The maximum absolute atomic E-state index is 13.6. The van der Waals surface area contributed by atoms with E-state index in [-0.39, 0.29) is 28.4 Å². The Morgan fingerprint density at radius 2 is 2.11 bits per heavy atom. The minimum atomic E-state index is -0.607. The van der Waals surface area contributed by atoms with Crippen LogP contribution in [0.5, 0.6) is 0 Å². The molecule has 0 radical (unpaired) electrons. The topological polar surface area (TPSA) is 101 Å². The van der Waals surface area contributed by atoms with E-state index in [1.165, 1.54) is 12.1 Å². The third-order valence-corrected chi connectivity index (χ3v) is 2.14. The van der Waals surface area contributed by atoms with Crippen molar-refractivity contribution in [2.24, 2.45) is 0 Å². The minimum Gasteiger partial charge on any atom is -0.368 e. The smallest absolute Gasteiger partial charge is 0.233 e. The van der Waals surface area contributed by atoms with Crippen LogP contribution in [0.15, 0.2) is 18.2 Å². The van der Waals surface area contributed by atoms with Gasteiger partial charge in [-0.2, -0.15) is 20.2 Å². The van der Waals surface area contributed by atoms with Crippen molar-refractivity contribution in [1.29, 1.82) is 5.26 Å². The number of nitriles is 1. The second-order valence-electron chi connectivity index (χ2n) is 3.22. The highest BCUT2D eigenvalue weighted by Crippen LogP contribution is 2.19. The van der Waals surface area contributed by atoms with Crippen LogP contribution >= 0.6 is 11.6 Å². The lowest BCUT2D eigenvalue weighted by Crippen LogP contribution is -2.04. The highest BCUT2D eigenvalue weighted by molar-refractivity contribution is 6.28. The van der Waals surface area contributed by atoms with Crippen molar-refractivity contribution in [2.45, 2.75) is 0 Å². The van der Waals surface area contributed by atoms with Gasteiger partial charge in [-0.25, -0.2) is 4.39 Å². The highest BCUT2D eigenvalue weighted by atomic mass is 35.5. The highest BCUT2D eigenvalue weighted by Gasteiger charge is 2.07. The predicted octanol–water partition coefficient (Wildman–Crippen LogP) is 1.86. The lowest BCUT2D eigenvalue weighted by molar-refractivity contribution is 0.631. The zero-order valence-electron chi connectivity index (χ0n) is 8.85. The third-order valence-electron chi connectivity index (χ3n) is 1.97. The summed E-state index contributed by atoms with van der Waals surface area (Å²) < 4.78 is 13.6. The fourth-order valence-electron chi connectivity index (χ4n) is 1.23. The number of hydrogen-bond donors (Lipinski definition) is 2. The minimum absolute atomic E-state index is 0.0242. The molecule has 0 saturated carbocycles. The summed E-state index contributed by atoms with van der Waals surface area (Å²) >= 11 is 5.58. The molecular formula is C10H6ClFN6. The first-order chi connectivity index (χ1) is 8.58. The van der Waals surface area contributed by atoms with Crippen molar-refractivity contribution in [3.8, 4) is 6.07 Å². The van der Waals surface area contributed by atoms with Gasteiger partial charge in [0, 0.05) is 0 Å². The van der Waals surface area contributed by atoms with Crippen LogP contribution in [0.4, 0.5) is 22.0 Å². The molecule has 0 aliphatic rings. The molecule has 0 unspecified atom stereocenters. The van der Waals surface area contributed by atoms with E-state index in [0.717, 1.165) is 6.07 Å². The summed E-state index contributed by atoms with van der Waals surface area (Å²) in [5.41, 5.74) is 5.69. The van der Waals surface area contributed by atoms with Crippen molar-refractivity contribution >= 4 is 29.2 Å². The maximum atomic E-state index is 13.6. The molecule has 0 aliphatic carbocycles. The molecule has 18 heavy (non-hydrogen) atoms. The van der Waals surface area contributed by atoms with Gasteiger partial charge in [0.05, 0.1) is 17.3 Å². The Kier molecular flexibility index (Phi) is 3.21. The molecule has 90 valence electrons. The average molecular weight is 265 g/mol. The number of anilines is 3. The number of hydrogen-bond acceptors (Lipinski definition) is 6. The molecule has 1 heterocycles. The van der Waals surface area contributed by atoms with Crippen molar-refractivity contribution < 1.29 is 4.39 Å². The molecule has 2 aromatic rings. The van der Waals surface area contributed by atoms with E-state index in [0.29, 0.717) is 0 Å². The number of benzene rings is 1. The molecule has 0 atom stereocenters. The van der Waals surface area contributed by atoms with Crippen molar-refractivity contribution in [3.05, 3.63) is 34.9 Å². The molecule has 8 heteroatoms. The predicted molar refractivity (Wildman–Crippen MR) is 63.6 cm³/mol. The molecule has 1 aromatic carbocycles. The van der Waals surface area contributed by atoms with Gasteiger partial charge < -0.3 is 11.1 Å². The van der Waals surface area contributed by atoms with Gasteiger partial charge in [0.2, 0.25) is 17.2 Å². The Labute approximate surface area is 106 Å². The molecule has 0 saturated heterocycles. The Morgan fingerprint density at radius 1 is 1.33 bits per heavy atom. The van der Waals surface area contributed by atoms with Gasteiger partial charge >= 0.3 is 0 Å². The number of nitrogen functional groups attached to an aromatic ring is 1. The van der Waals surface area contributed by atoms with Crippen LogP contribution in [0.2, 0.25) is 5.28 Å². The summed E-state index contributed by atoms with van der Waals surface area (Å²) in [6, 6.07) is 5.77. The van der Waals surface area contributed by atoms with Gasteiger partial charge in [-0.3, -0.25) is 0 Å². The summed E-state index contributed by atoms with van der Waals surface area (Å²) in [5, 5.41) is 11.1. The van der Waals surface area contributed by atoms with Gasteiger partial charge in [-0.05, 0) is 29.8 Å². The van der Waals surface area contributed by atoms with E-state index in [1.807, 2.05) is 6.07 Å². The van der Waals surface area contributed by atoms with Gasteiger partial charge in [0.25, 0.3) is 0 Å². The molecule has 0 fully saturated rings. The van der Waals surface area contributed by atoms with Crippen LogP contribution in [-0.4, -0.2) is 15.0 Å². The Balaban J connectivity index is 2.31. The van der Waals surface area contributed by atoms with Gasteiger partial charge in [-0.1, -0.05) is 0 Å². The van der Waals surface area contributed by atoms with Gasteiger partial charge in [0.15, 0.2) is 0 Å². The number of halogens is 2. The molecule has 3 N–H and O–H groups in total. The lowest BCUT2D eigenvalue weighted by atomic mass is 10.2. The summed E-state index contributed by atoms with van der Waals surface area (Å²) in [7, 11) is 0. The second kappa shape index (κ2) is 4.81. The Bertz CT molecular complexity index is 619. The Morgan fingerprint density at radius 3 is 2.72 bits per heavy atom. The van der Waals surface area contributed by atoms with Crippen molar-refractivity contribution in [3.63, 3.8) is 0 Å². The van der Waals surface area contributed by atoms with Gasteiger partial charge in [-0.15, -0.1) is 0 Å². The summed E-state index contributed by atoms with van der Waals surface area (Å²) in [5.74, 6) is -0.660. The number of rotatable bonds is 2. The van der Waals surface area contributed by atoms with Crippen LogP contribution in [0.1, 0.15) is 5.56 Å². The van der Waals surface area contributed by atoms with Gasteiger partial charge in [0.1, 0.15) is 5.82 Å². The number of nitrogens with two attached hydrogens (primary N) is 1. The first-order valence-corrected chi connectivity index (χ1v) is 5.10. The normalized spacial score (nSPS) is 9.83. The first kappa shape index (κ1) is 12.0. The van der Waals surface area contributed by atoms with Crippen LogP contribution < -0.4 is 11.1 Å². The van der Waals surface area contributed by atoms with Crippen LogP contribution in [-0.2, 0) is 0 Å². The summed E-state index contributed by atoms with van der Waals surface area (Å²) in [4.78, 5) is 11.0. The van der Waals surface area contributed by atoms with Crippen molar-refractivity contribution in [1.82, 2.24) is 15.0 Å². The fraction of sp³-hybridized carbons (Fsp3) is 0. The zero-order valence-corrected chi connectivity index (χ0v) is 9.61. The number of nitrogens with one attached hydrogen (secondary N) is 1. The third kappa shape index (κ3) is 2.61. The second-order valence-corrected chi connectivity index (χ2v) is 3.56. The summed E-state index contributed by atoms with van der Waals surface area (Å²) in [6.07, 6.45) is 0. The van der Waals surface area contributed by atoms with Crippen LogP contribution in [0, 0.1) is 17.1 Å². The zero-order chi connectivity index (χ0) is 13.1. The van der Waals surface area contributed by atoms with Crippen LogP contribution in [0.25, 0.3) is 0 Å². The SMILES string of the molecule is N#Cc1ccc(Nc2nc(N)nc(Cl)n2)c(F)c1. The van der Waals surface area contributed by atoms with E-state index < -0.39 is 5.82 Å². The maximum Gasteiger partial charge on any atom is 0.233 e. The van der Waals surface area contributed by atoms with Crippen LogP contribution in [0.3, 0.4) is 0 Å². The molecule has 0 aliphatic heterocycles. The van der Waals surface area contributed by atoms with E-state index in [4.69, 9.17) is 22.6 Å². The molecular weight excluding hydrogens is 259 g/mol. The monoisotopic (exact) mass is 264 g/mol. The quantitative estimate of drug-likeness (QED) is 0.859. The van der Waals surface area contributed by atoms with Crippen molar-refractivity contribution in [2.75, 3.05) is 11.1 Å². The average Bonchev–Trinajstić information content (AvgIpc) is 2.30. The first-order valence-electron chi connectivity index (χ1n) is 4.72. The molecule has 2 rings (SSSR count). The van der Waals surface area contributed by atoms with E-state index >= 15 is 0 Å². The molecule has 0 spiro atoms. The summed E-state index contributed by atoms with van der Waals surface area (Å²) in [6.45, 7) is 0. The molecule has 0 bridgehead atoms. The van der Waals surface area contributed by atoms with E-state index in [9.17, 15) is 4.39 Å². The lowest BCUT2D eigenvalue weighted by Gasteiger charge is -2.06. The fourth-order valence-corrected chi connectivity index (χ4v) is 1.39. The van der Waals surface area contributed by atoms with E-state index in [2.05, 4.69) is 20.3 Å². The molecule has 0 amide bonds. The number of nitrogens with zero attached hydrogens (tertiary/aromatic N) is 4. The number of aromatic nitrogens is 3. The standard InChI is InChI=1S/C10H6ClFN6/c11-8-16-9(14)18-10(17-8)15-7-2-1-5(4-13)3-6(7)12/h1-3H,(H3,14,15,16,17,18). The largest absolute Gasteiger partial charge is 0.368 e.